The molecule has 0 saturated carbocycles. The number of methoxy groups -OCH3 is 2. The number of anilines is 1. The first-order valence-electron chi connectivity index (χ1n) is 10.4. The van der Waals surface area contributed by atoms with E-state index in [-0.39, 0.29) is 11.7 Å². The molecule has 0 aliphatic carbocycles. The Hall–Kier alpha value is -4.26. The number of rotatable bonds is 9. The summed E-state index contributed by atoms with van der Waals surface area (Å²) in [5.41, 5.74) is 3.32. The molecule has 4 aromatic rings. The van der Waals surface area contributed by atoms with Crippen molar-refractivity contribution >= 4 is 11.6 Å². The Labute approximate surface area is 191 Å². The third kappa shape index (κ3) is 5.51. The molecule has 1 N–H and O–H groups in total. The van der Waals surface area contributed by atoms with E-state index in [4.69, 9.17) is 18.6 Å². The number of hydrogen-bond donors (Lipinski definition) is 1. The number of amides is 1. The summed E-state index contributed by atoms with van der Waals surface area (Å²) in [5, 5.41) is 2.83. The van der Waals surface area contributed by atoms with Crippen molar-refractivity contribution in [3.63, 3.8) is 0 Å². The molecule has 0 radical (unpaired) electrons. The summed E-state index contributed by atoms with van der Waals surface area (Å²) >= 11 is 0. The Morgan fingerprint density at radius 1 is 0.939 bits per heavy atom. The van der Waals surface area contributed by atoms with E-state index in [9.17, 15) is 4.79 Å². The number of hydrogen-bond acceptors (Lipinski definition) is 6. The normalized spacial score (nSPS) is 10.5. The number of pyridine rings is 1. The first-order chi connectivity index (χ1) is 16.2. The molecule has 0 spiro atoms. The first kappa shape index (κ1) is 22.0. The van der Waals surface area contributed by atoms with Crippen molar-refractivity contribution in [3.8, 4) is 28.6 Å². The topological polar surface area (TPSA) is 82.8 Å². The van der Waals surface area contributed by atoms with Crippen LogP contribution in [0, 0.1) is 0 Å². The van der Waals surface area contributed by atoms with Crippen LogP contribution in [-0.4, -0.2) is 31.7 Å². The van der Waals surface area contributed by atoms with Crippen molar-refractivity contribution in [2.45, 2.75) is 6.42 Å². The van der Waals surface area contributed by atoms with Crippen molar-refractivity contribution in [2.24, 2.45) is 0 Å². The van der Waals surface area contributed by atoms with Crippen molar-refractivity contribution in [3.05, 3.63) is 90.4 Å². The maximum Gasteiger partial charge on any atom is 0.291 e. The molecule has 0 unspecified atom stereocenters. The van der Waals surface area contributed by atoms with E-state index >= 15 is 0 Å². The number of carbonyl (C=O) groups is 1. The van der Waals surface area contributed by atoms with E-state index < -0.39 is 0 Å². The highest BCUT2D eigenvalue weighted by Gasteiger charge is 2.10. The Bertz CT molecular complexity index is 1220. The summed E-state index contributed by atoms with van der Waals surface area (Å²) < 4.78 is 21.6. The van der Waals surface area contributed by atoms with E-state index in [0.717, 1.165) is 16.8 Å². The minimum atomic E-state index is -0.308. The van der Waals surface area contributed by atoms with E-state index in [1.807, 2.05) is 60.7 Å². The second kappa shape index (κ2) is 10.4. The van der Waals surface area contributed by atoms with Gasteiger partial charge in [-0.1, -0.05) is 24.3 Å². The molecule has 7 nitrogen and oxygen atoms in total. The van der Waals surface area contributed by atoms with Gasteiger partial charge in [0.1, 0.15) is 0 Å². The van der Waals surface area contributed by atoms with Crippen molar-refractivity contribution < 1.29 is 23.4 Å². The molecule has 4 rings (SSSR count). The molecule has 0 fully saturated rings. The van der Waals surface area contributed by atoms with Crippen molar-refractivity contribution in [2.75, 3.05) is 26.1 Å². The van der Waals surface area contributed by atoms with E-state index in [0.29, 0.717) is 36.1 Å². The van der Waals surface area contributed by atoms with Crippen LogP contribution in [0.2, 0.25) is 0 Å². The second-order valence-corrected chi connectivity index (χ2v) is 7.16. The molecule has 168 valence electrons. The molecule has 2 aromatic heterocycles. The van der Waals surface area contributed by atoms with Gasteiger partial charge in [0, 0.05) is 23.7 Å². The fourth-order valence-corrected chi connectivity index (χ4v) is 3.32. The molecule has 0 atom stereocenters. The van der Waals surface area contributed by atoms with Crippen LogP contribution in [0.1, 0.15) is 16.1 Å². The van der Waals surface area contributed by atoms with Crippen LogP contribution in [0.25, 0.3) is 11.3 Å². The van der Waals surface area contributed by atoms with Gasteiger partial charge in [-0.2, -0.15) is 0 Å². The van der Waals surface area contributed by atoms with Crippen LogP contribution in [-0.2, 0) is 6.42 Å². The van der Waals surface area contributed by atoms with Crippen LogP contribution in [0.15, 0.2) is 83.5 Å². The summed E-state index contributed by atoms with van der Waals surface area (Å²) in [5.74, 6) is 1.85. The molecule has 0 saturated heterocycles. The highest BCUT2D eigenvalue weighted by Crippen LogP contribution is 2.28. The maximum absolute atomic E-state index is 12.2. The van der Waals surface area contributed by atoms with Crippen LogP contribution >= 0.6 is 0 Å². The summed E-state index contributed by atoms with van der Waals surface area (Å²) in [7, 11) is 3.23. The predicted octanol–water partition coefficient (Wildman–Crippen LogP) is 5.23. The van der Waals surface area contributed by atoms with Gasteiger partial charge < -0.3 is 23.9 Å². The maximum atomic E-state index is 12.2. The monoisotopic (exact) mass is 444 g/mol. The Balaban J connectivity index is 1.40. The minimum Gasteiger partial charge on any atom is -0.493 e. The average molecular weight is 444 g/mol. The second-order valence-electron chi connectivity index (χ2n) is 7.16. The molecular weight excluding hydrogens is 420 g/mol. The van der Waals surface area contributed by atoms with Crippen LogP contribution in [0.3, 0.4) is 0 Å². The fraction of sp³-hybridized carbons (Fsp3) is 0.154. The molecule has 7 heteroatoms. The summed E-state index contributed by atoms with van der Waals surface area (Å²) in [6.45, 7) is 0.463. The van der Waals surface area contributed by atoms with Crippen LogP contribution in [0.4, 0.5) is 5.69 Å². The van der Waals surface area contributed by atoms with Gasteiger partial charge >= 0.3 is 0 Å². The van der Waals surface area contributed by atoms with E-state index in [2.05, 4.69) is 10.3 Å². The lowest BCUT2D eigenvalue weighted by molar-refractivity contribution is 0.0996. The van der Waals surface area contributed by atoms with Gasteiger partial charge in [-0.3, -0.25) is 4.79 Å². The SMILES string of the molecule is COc1ccc(CCOc2cccc(-c3cccc(NC(=O)c4ccco4)c3)n2)cc1OC. The van der Waals surface area contributed by atoms with Crippen LogP contribution < -0.4 is 19.5 Å². The molecule has 0 aliphatic heterocycles. The number of benzene rings is 2. The fourth-order valence-electron chi connectivity index (χ4n) is 3.32. The molecule has 2 aromatic carbocycles. The molecule has 1 amide bonds. The van der Waals surface area contributed by atoms with Crippen molar-refractivity contribution in [1.82, 2.24) is 4.98 Å². The zero-order valence-corrected chi connectivity index (χ0v) is 18.4. The smallest absolute Gasteiger partial charge is 0.291 e. The minimum absolute atomic E-state index is 0.253. The quantitative estimate of drug-likeness (QED) is 0.381. The predicted molar refractivity (Wildman–Crippen MR) is 125 cm³/mol. The highest BCUT2D eigenvalue weighted by molar-refractivity contribution is 6.02. The van der Waals surface area contributed by atoms with Gasteiger partial charge in [0.05, 0.1) is 32.8 Å². The zero-order valence-electron chi connectivity index (χ0n) is 18.4. The Morgan fingerprint density at radius 3 is 2.58 bits per heavy atom. The first-order valence-corrected chi connectivity index (χ1v) is 10.4. The third-order valence-electron chi connectivity index (χ3n) is 4.97. The Kier molecular flexibility index (Phi) is 6.90. The molecular formula is C26H24N2O5. The van der Waals surface area contributed by atoms with Gasteiger partial charge in [-0.25, -0.2) is 4.98 Å². The number of nitrogens with zero attached hydrogens (tertiary/aromatic N) is 1. The van der Waals surface area contributed by atoms with Crippen molar-refractivity contribution in [1.29, 1.82) is 0 Å². The Morgan fingerprint density at radius 2 is 1.79 bits per heavy atom. The summed E-state index contributed by atoms with van der Waals surface area (Å²) in [6, 6.07) is 22.2. The summed E-state index contributed by atoms with van der Waals surface area (Å²) in [6.07, 6.45) is 2.16. The molecule has 2 heterocycles. The van der Waals surface area contributed by atoms with Crippen LogP contribution in [0.5, 0.6) is 17.4 Å². The van der Waals surface area contributed by atoms with E-state index in [1.54, 1.807) is 26.4 Å². The average Bonchev–Trinajstić information content (AvgIpc) is 3.40. The lowest BCUT2D eigenvalue weighted by Crippen LogP contribution is -2.10. The number of furan rings is 1. The summed E-state index contributed by atoms with van der Waals surface area (Å²) in [4.78, 5) is 16.8. The van der Waals surface area contributed by atoms with Gasteiger partial charge in [-0.15, -0.1) is 0 Å². The lowest BCUT2D eigenvalue weighted by atomic mass is 10.1. The largest absolute Gasteiger partial charge is 0.493 e. The van der Waals surface area contributed by atoms with Gasteiger partial charge in [0.25, 0.3) is 5.91 Å². The molecule has 33 heavy (non-hydrogen) atoms. The number of carbonyl (C=O) groups excluding carboxylic acids is 1. The molecule has 0 bridgehead atoms. The lowest BCUT2D eigenvalue weighted by Gasteiger charge is -2.11. The standard InChI is InChI=1S/C26H24N2O5/c1-30-22-12-11-18(16-24(22)31-2)13-15-33-25-10-4-8-21(28-25)19-6-3-7-20(17-19)27-26(29)23-9-5-14-32-23/h3-12,14,16-17H,13,15H2,1-2H3,(H,27,29). The number of aromatic nitrogens is 1. The number of nitrogens with one attached hydrogen (secondary N) is 1. The van der Waals surface area contributed by atoms with E-state index in [1.165, 1.54) is 6.26 Å². The van der Waals surface area contributed by atoms with Gasteiger partial charge in [0.2, 0.25) is 5.88 Å². The highest BCUT2D eigenvalue weighted by atomic mass is 16.5. The van der Waals surface area contributed by atoms with Gasteiger partial charge in [-0.05, 0) is 48.0 Å². The molecule has 0 aliphatic rings. The third-order valence-corrected chi connectivity index (χ3v) is 4.97. The number of ether oxygens (including phenoxy) is 3. The van der Waals surface area contributed by atoms with Gasteiger partial charge in [0.15, 0.2) is 17.3 Å². The zero-order chi connectivity index (χ0) is 23.0.